The van der Waals surface area contributed by atoms with E-state index in [9.17, 15) is 0 Å². The molecule has 0 bridgehead atoms. The molecule has 0 aliphatic heterocycles. The predicted octanol–water partition coefficient (Wildman–Crippen LogP) is 2.07. The van der Waals surface area contributed by atoms with E-state index in [2.05, 4.69) is 15.3 Å². The van der Waals surface area contributed by atoms with Crippen molar-refractivity contribution in [2.75, 3.05) is 7.11 Å². The summed E-state index contributed by atoms with van der Waals surface area (Å²) in [5.74, 6) is 0.970. The lowest BCUT2D eigenvalue weighted by Crippen LogP contribution is -1.87. The maximum atomic E-state index is 5.12. The number of rotatable bonds is 2. The lowest BCUT2D eigenvalue weighted by Gasteiger charge is -2.03. The van der Waals surface area contributed by atoms with Crippen LogP contribution in [0.25, 0.3) is 0 Å². The van der Waals surface area contributed by atoms with Crippen LogP contribution in [0.2, 0.25) is 0 Å². The molecule has 0 saturated carbocycles. The number of benzene rings is 1. The fraction of sp³-hybridized carbons (Fsp3) is 0.250. The van der Waals surface area contributed by atoms with E-state index in [1.165, 1.54) is 5.56 Å². The van der Waals surface area contributed by atoms with E-state index < -0.39 is 0 Å². The SMILES string of the molecule is COc1ccccc1CP. The Morgan fingerprint density at radius 3 is 2.60 bits per heavy atom. The highest BCUT2D eigenvalue weighted by Gasteiger charge is 1.95. The van der Waals surface area contributed by atoms with Gasteiger partial charge in [0.2, 0.25) is 0 Å². The molecule has 10 heavy (non-hydrogen) atoms. The van der Waals surface area contributed by atoms with Crippen LogP contribution in [0, 0.1) is 0 Å². The second-order valence-electron chi connectivity index (χ2n) is 2.02. The lowest BCUT2D eigenvalue weighted by atomic mass is 10.2. The Hall–Kier alpha value is -0.550. The Morgan fingerprint density at radius 1 is 1.40 bits per heavy atom. The van der Waals surface area contributed by atoms with Gasteiger partial charge in [0.15, 0.2) is 0 Å². The van der Waals surface area contributed by atoms with Crippen LogP contribution in [-0.2, 0) is 6.16 Å². The second kappa shape index (κ2) is 3.58. The molecule has 1 nitrogen and oxygen atoms in total. The summed E-state index contributed by atoms with van der Waals surface area (Å²) in [5.41, 5.74) is 1.23. The average Bonchev–Trinajstić information content (AvgIpc) is 2.04. The first-order valence-corrected chi connectivity index (χ1v) is 4.02. The molecular formula is C8H11OP. The van der Waals surface area contributed by atoms with Gasteiger partial charge in [0.05, 0.1) is 7.11 Å². The molecule has 1 atom stereocenters. The molecule has 0 aliphatic rings. The maximum absolute atomic E-state index is 5.12. The molecule has 0 heterocycles. The van der Waals surface area contributed by atoms with Crippen molar-refractivity contribution < 1.29 is 4.74 Å². The fourth-order valence-corrected chi connectivity index (χ4v) is 1.21. The summed E-state index contributed by atoms with van der Waals surface area (Å²) < 4.78 is 5.12. The molecule has 2 heteroatoms. The van der Waals surface area contributed by atoms with Crippen LogP contribution in [0.3, 0.4) is 0 Å². The quantitative estimate of drug-likeness (QED) is 0.592. The van der Waals surface area contributed by atoms with Gasteiger partial charge in [0.1, 0.15) is 5.75 Å². The molecule has 0 aromatic heterocycles. The second-order valence-corrected chi connectivity index (χ2v) is 2.42. The summed E-state index contributed by atoms with van der Waals surface area (Å²) >= 11 is 0. The van der Waals surface area contributed by atoms with Crippen LogP contribution >= 0.6 is 9.24 Å². The van der Waals surface area contributed by atoms with Gasteiger partial charge in [-0.2, -0.15) is 0 Å². The van der Waals surface area contributed by atoms with Crippen molar-refractivity contribution in [2.24, 2.45) is 0 Å². The molecule has 0 N–H and O–H groups in total. The molecular weight excluding hydrogens is 143 g/mol. The van der Waals surface area contributed by atoms with Gasteiger partial charge in [-0.05, 0) is 17.8 Å². The normalized spacial score (nSPS) is 9.40. The van der Waals surface area contributed by atoms with Gasteiger partial charge >= 0.3 is 0 Å². The minimum absolute atomic E-state index is 0.948. The van der Waals surface area contributed by atoms with Crippen molar-refractivity contribution in [3.63, 3.8) is 0 Å². The number of hydrogen-bond acceptors (Lipinski definition) is 1. The predicted molar refractivity (Wildman–Crippen MR) is 46.4 cm³/mol. The van der Waals surface area contributed by atoms with Gasteiger partial charge in [-0.15, -0.1) is 9.24 Å². The van der Waals surface area contributed by atoms with E-state index in [4.69, 9.17) is 4.74 Å². The van der Waals surface area contributed by atoms with E-state index in [0.717, 1.165) is 11.9 Å². The third-order valence-corrected chi connectivity index (χ3v) is 1.85. The molecule has 0 aliphatic carbocycles. The largest absolute Gasteiger partial charge is 0.496 e. The van der Waals surface area contributed by atoms with Crippen molar-refractivity contribution in [3.8, 4) is 5.75 Å². The van der Waals surface area contributed by atoms with Gasteiger partial charge in [0.25, 0.3) is 0 Å². The van der Waals surface area contributed by atoms with Crippen molar-refractivity contribution in [3.05, 3.63) is 29.8 Å². The molecule has 1 aromatic carbocycles. The van der Waals surface area contributed by atoms with Gasteiger partial charge in [-0.3, -0.25) is 0 Å². The van der Waals surface area contributed by atoms with Crippen LogP contribution in [0.1, 0.15) is 5.56 Å². The fourth-order valence-electron chi connectivity index (χ4n) is 0.872. The third-order valence-electron chi connectivity index (χ3n) is 1.41. The number of para-hydroxylation sites is 1. The first kappa shape index (κ1) is 7.56. The smallest absolute Gasteiger partial charge is 0.122 e. The summed E-state index contributed by atoms with van der Waals surface area (Å²) in [7, 11) is 4.37. The van der Waals surface area contributed by atoms with E-state index in [1.54, 1.807) is 7.11 Å². The molecule has 1 unspecified atom stereocenters. The molecule has 0 radical (unpaired) electrons. The molecule has 54 valence electrons. The van der Waals surface area contributed by atoms with E-state index in [1.807, 2.05) is 18.2 Å². The standard InChI is InChI=1S/C8H11OP/c1-9-8-5-3-2-4-7(8)6-10/h2-5H,6,10H2,1H3. The zero-order valence-corrected chi connectivity index (χ0v) is 7.16. The van der Waals surface area contributed by atoms with Crippen LogP contribution in [0.5, 0.6) is 5.75 Å². The molecule has 0 amide bonds. The van der Waals surface area contributed by atoms with Crippen molar-refractivity contribution in [2.45, 2.75) is 6.16 Å². The number of hydrogen-bond donors (Lipinski definition) is 0. The van der Waals surface area contributed by atoms with Crippen LogP contribution < -0.4 is 4.74 Å². The van der Waals surface area contributed by atoms with Crippen LogP contribution in [0.4, 0.5) is 0 Å². The van der Waals surface area contributed by atoms with Gasteiger partial charge in [-0.25, -0.2) is 0 Å². The molecule has 1 aromatic rings. The minimum Gasteiger partial charge on any atom is -0.496 e. The Balaban J connectivity index is 2.96. The zero-order chi connectivity index (χ0) is 7.40. The van der Waals surface area contributed by atoms with E-state index in [0.29, 0.717) is 0 Å². The molecule has 1 rings (SSSR count). The van der Waals surface area contributed by atoms with Crippen molar-refractivity contribution in [1.82, 2.24) is 0 Å². The van der Waals surface area contributed by atoms with Gasteiger partial charge < -0.3 is 4.74 Å². The highest BCUT2D eigenvalue weighted by Crippen LogP contribution is 2.19. The Bertz CT molecular complexity index is 187. The molecule has 0 fully saturated rings. The van der Waals surface area contributed by atoms with Crippen LogP contribution in [0.15, 0.2) is 24.3 Å². The summed E-state index contributed by atoms with van der Waals surface area (Å²) in [5, 5.41) is 0. The lowest BCUT2D eigenvalue weighted by molar-refractivity contribution is 0.411. The monoisotopic (exact) mass is 154 g/mol. The number of methoxy groups -OCH3 is 1. The number of ether oxygens (including phenoxy) is 1. The van der Waals surface area contributed by atoms with Crippen molar-refractivity contribution in [1.29, 1.82) is 0 Å². The Labute approximate surface area is 63.6 Å². The van der Waals surface area contributed by atoms with Crippen LogP contribution in [-0.4, -0.2) is 7.11 Å². The third kappa shape index (κ3) is 1.48. The maximum Gasteiger partial charge on any atom is 0.122 e. The zero-order valence-electron chi connectivity index (χ0n) is 6.00. The van der Waals surface area contributed by atoms with Gasteiger partial charge in [-0.1, -0.05) is 18.2 Å². The van der Waals surface area contributed by atoms with Gasteiger partial charge in [0, 0.05) is 0 Å². The topological polar surface area (TPSA) is 9.23 Å². The van der Waals surface area contributed by atoms with E-state index >= 15 is 0 Å². The summed E-state index contributed by atoms with van der Waals surface area (Å²) in [6, 6.07) is 8.02. The Kier molecular flexibility index (Phi) is 2.70. The highest BCUT2D eigenvalue weighted by atomic mass is 31.0. The summed E-state index contributed by atoms with van der Waals surface area (Å²) in [4.78, 5) is 0. The average molecular weight is 154 g/mol. The van der Waals surface area contributed by atoms with Crippen molar-refractivity contribution >= 4 is 9.24 Å². The minimum atomic E-state index is 0.948. The first-order chi connectivity index (χ1) is 4.88. The first-order valence-electron chi connectivity index (χ1n) is 3.20. The molecule has 0 saturated heterocycles. The summed E-state index contributed by atoms with van der Waals surface area (Å²) in [6.07, 6.45) is 0.948. The highest BCUT2D eigenvalue weighted by molar-refractivity contribution is 7.15. The molecule has 0 spiro atoms. The van der Waals surface area contributed by atoms with E-state index in [-0.39, 0.29) is 0 Å². The Morgan fingerprint density at radius 2 is 2.10 bits per heavy atom. The summed E-state index contributed by atoms with van der Waals surface area (Å²) in [6.45, 7) is 0.